The molecule has 1 unspecified atom stereocenters. The number of carbonyl (C=O) groups excluding carboxylic acids is 2. The minimum absolute atomic E-state index is 0.116. The van der Waals surface area contributed by atoms with Crippen LogP contribution in [0, 0.1) is 11.3 Å². The fraction of sp³-hybridized carbons (Fsp3) is 0.150. The van der Waals surface area contributed by atoms with Crippen LogP contribution in [0.4, 0.5) is 5.69 Å². The largest absolute Gasteiger partial charge is 0.326 e. The van der Waals surface area contributed by atoms with Gasteiger partial charge in [-0.15, -0.1) is 0 Å². The number of nitriles is 1. The Morgan fingerprint density at radius 3 is 2.76 bits per heavy atom. The zero-order valence-electron chi connectivity index (χ0n) is 13.8. The number of fused-ring (bicyclic) bond motifs is 1. The molecule has 0 saturated heterocycles. The number of nitrogens with one attached hydrogen (secondary N) is 1. The van der Waals surface area contributed by atoms with Gasteiger partial charge in [-0.1, -0.05) is 30.3 Å². The summed E-state index contributed by atoms with van der Waals surface area (Å²) in [6, 6.07) is 16.2. The lowest BCUT2D eigenvalue weighted by atomic mass is 9.93. The van der Waals surface area contributed by atoms with Crippen LogP contribution in [0.3, 0.4) is 0 Å². The molecule has 0 bridgehead atoms. The van der Waals surface area contributed by atoms with Crippen LogP contribution in [0.15, 0.2) is 54.7 Å². The highest BCUT2D eigenvalue weighted by molar-refractivity contribution is 5.92. The van der Waals surface area contributed by atoms with Crippen molar-refractivity contribution in [3.8, 4) is 6.07 Å². The normalized spacial score (nSPS) is 15.2. The van der Waals surface area contributed by atoms with Gasteiger partial charge < -0.3 is 10.2 Å². The molecule has 3 rings (SSSR count). The van der Waals surface area contributed by atoms with Gasteiger partial charge in [-0.05, 0) is 35.4 Å². The molecule has 1 heterocycles. The van der Waals surface area contributed by atoms with E-state index in [1.54, 1.807) is 35.4 Å². The maximum Gasteiger partial charge on any atom is 0.226 e. The second kappa shape index (κ2) is 7.02. The molecule has 5 heteroatoms. The molecule has 0 radical (unpaired) electrons. The predicted octanol–water partition coefficient (Wildman–Crippen LogP) is 3.46. The quantitative estimate of drug-likeness (QED) is 0.936. The molecule has 1 atom stereocenters. The fourth-order valence-corrected chi connectivity index (χ4v) is 2.97. The Morgan fingerprint density at radius 1 is 1.20 bits per heavy atom. The van der Waals surface area contributed by atoms with Crippen LogP contribution >= 0.6 is 0 Å². The van der Waals surface area contributed by atoms with E-state index in [9.17, 15) is 9.59 Å². The highest BCUT2D eigenvalue weighted by Gasteiger charge is 2.28. The summed E-state index contributed by atoms with van der Waals surface area (Å²) in [4.78, 5) is 26.0. The monoisotopic (exact) mass is 331 g/mol. The van der Waals surface area contributed by atoms with Crippen molar-refractivity contribution in [2.24, 2.45) is 0 Å². The van der Waals surface area contributed by atoms with Gasteiger partial charge in [-0.2, -0.15) is 5.26 Å². The Bertz CT molecular complexity index is 896. The number of carbonyl (C=O) groups is 2. The van der Waals surface area contributed by atoms with E-state index in [4.69, 9.17) is 5.26 Å². The van der Waals surface area contributed by atoms with Crippen LogP contribution in [0.25, 0.3) is 6.08 Å². The van der Waals surface area contributed by atoms with Crippen molar-refractivity contribution < 1.29 is 9.59 Å². The lowest BCUT2D eigenvalue weighted by molar-refractivity contribution is -0.129. The van der Waals surface area contributed by atoms with Gasteiger partial charge in [0.15, 0.2) is 0 Å². The summed E-state index contributed by atoms with van der Waals surface area (Å²) >= 11 is 0. The lowest BCUT2D eigenvalue weighted by Gasteiger charge is -2.32. The van der Waals surface area contributed by atoms with E-state index in [2.05, 4.69) is 5.32 Å². The molecular formula is C20H17N3O2. The van der Waals surface area contributed by atoms with E-state index in [0.717, 1.165) is 11.1 Å². The van der Waals surface area contributed by atoms with Gasteiger partial charge in [-0.25, -0.2) is 0 Å². The number of hydrogen-bond donors (Lipinski definition) is 1. The maximum atomic E-state index is 12.5. The third kappa shape index (κ3) is 3.59. The van der Waals surface area contributed by atoms with Crippen molar-refractivity contribution in [1.29, 1.82) is 5.26 Å². The number of anilines is 1. The van der Waals surface area contributed by atoms with Crippen molar-refractivity contribution in [1.82, 2.24) is 4.90 Å². The Balaban J connectivity index is 1.81. The summed E-state index contributed by atoms with van der Waals surface area (Å²) in [6.45, 7) is 1.49. The van der Waals surface area contributed by atoms with Gasteiger partial charge in [0.05, 0.1) is 24.1 Å². The molecule has 0 aliphatic carbocycles. The van der Waals surface area contributed by atoms with Gasteiger partial charge in [0.2, 0.25) is 11.8 Å². The highest BCUT2D eigenvalue weighted by Crippen LogP contribution is 2.33. The molecule has 0 fully saturated rings. The second-order valence-electron chi connectivity index (χ2n) is 5.83. The predicted molar refractivity (Wildman–Crippen MR) is 95.1 cm³/mol. The van der Waals surface area contributed by atoms with E-state index < -0.39 is 0 Å². The SMILES string of the molecule is CC(=O)N1C=Cc2ccccc2C1CC(=O)Nc1cccc(C#N)c1. The third-order valence-electron chi connectivity index (χ3n) is 4.12. The molecule has 1 N–H and O–H groups in total. The topological polar surface area (TPSA) is 73.2 Å². The smallest absolute Gasteiger partial charge is 0.226 e. The summed E-state index contributed by atoms with van der Waals surface area (Å²) in [5, 5.41) is 11.7. The minimum Gasteiger partial charge on any atom is -0.326 e. The Hall–Kier alpha value is -3.39. The first-order valence-corrected chi connectivity index (χ1v) is 7.94. The molecule has 2 aromatic carbocycles. The molecule has 1 aliphatic heterocycles. The number of benzene rings is 2. The Morgan fingerprint density at radius 2 is 2.00 bits per heavy atom. The number of amides is 2. The van der Waals surface area contributed by atoms with Crippen LogP contribution in [0.1, 0.15) is 36.1 Å². The van der Waals surface area contributed by atoms with Gasteiger partial charge in [0.25, 0.3) is 0 Å². The van der Waals surface area contributed by atoms with Gasteiger partial charge in [0, 0.05) is 18.8 Å². The number of nitrogens with zero attached hydrogens (tertiary/aromatic N) is 2. The van der Waals surface area contributed by atoms with Crippen LogP contribution in [0.5, 0.6) is 0 Å². The molecule has 0 saturated carbocycles. The summed E-state index contributed by atoms with van der Waals surface area (Å²) in [7, 11) is 0. The van der Waals surface area contributed by atoms with E-state index in [1.165, 1.54) is 6.92 Å². The molecule has 1 aliphatic rings. The fourth-order valence-electron chi connectivity index (χ4n) is 2.97. The van der Waals surface area contributed by atoms with Gasteiger partial charge in [0.1, 0.15) is 0 Å². The molecule has 2 amide bonds. The molecule has 0 aromatic heterocycles. The summed E-state index contributed by atoms with van der Waals surface area (Å²) in [5.74, 6) is -0.327. The average molecular weight is 331 g/mol. The first kappa shape index (κ1) is 16.5. The summed E-state index contributed by atoms with van der Waals surface area (Å²) in [6.07, 6.45) is 3.73. The Labute approximate surface area is 146 Å². The molecule has 25 heavy (non-hydrogen) atoms. The average Bonchev–Trinajstić information content (AvgIpc) is 2.61. The van der Waals surface area contributed by atoms with Crippen molar-refractivity contribution in [2.45, 2.75) is 19.4 Å². The number of hydrogen-bond acceptors (Lipinski definition) is 3. The summed E-state index contributed by atoms with van der Waals surface area (Å²) < 4.78 is 0. The van der Waals surface area contributed by atoms with Crippen molar-refractivity contribution in [3.63, 3.8) is 0 Å². The van der Waals surface area contributed by atoms with Gasteiger partial charge >= 0.3 is 0 Å². The lowest BCUT2D eigenvalue weighted by Crippen LogP contribution is -2.33. The number of rotatable bonds is 3. The zero-order chi connectivity index (χ0) is 17.8. The molecule has 124 valence electrons. The van der Waals surface area contributed by atoms with Crippen LogP contribution < -0.4 is 5.32 Å². The second-order valence-corrected chi connectivity index (χ2v) is 5.83. The standard InChI is InChI=1S/C20H17N3O2/c1-14(24)23-10-9-16-6-2-3-8-18(16)19(23)12-20(25)22-17-7-4-5-15(11-17)13-21/h2-11,19H,12H2,1H3,(H,22,25). The van der Waals surface area contributed by atoms with Crippen molar-refractivity contribution in [2.75, 3.05) is 5.32 Å². The van der Waals surface area contributed by atoms with E-state index in [1.807, 2.05) is 36.4 Å². The van der Waals surface area contributed by atoms with E-state index in [0.29, 0.717) is 11.3 Å². The van der Waals surface area contributed by atoms with Gasteiger partial charge in [-0.3, -0.25) is 9.59 Å². The third-order valence-corrected chi connectivity index (χ3v) is 4.12. The first-order valence-electron chi connectivity index (χ1n) is 7.94. The van der Waals surface area contributed by atoms with Crippen LogP contribution in [-0.4, -0.2) is 16.7 Å². The van der Waals surface area contributed by atoms with E-state index in [-0.39, 0.29) is 24.3 Å². The zero-order valence-corrected chi connectivity index (χ0v) is 13.8. The molecule has 0 spiro atoms. The maximum absolute atomic E-state index is 12.5. The first-order chi connectivity index (χ1) is 12.1. The van der Waals surface area contributed by atoms with E-state index >= 15 is 0 Å². The minimum atomic E-state index is -0.349. The van der Waals surface area contributed by atoms with Crippen LogP contribution in [0.2, 0.25) is 0 Å². The van der Waals surface area contributed by atoms with Crippen molar-refractivity contribution >= 4 is 23.6 Å². The summed E-state index contributed by atoms with van der Waals surface area (Å²) in [5.41, 5.74) is 3.00. The molecule has 2 aromatic rings. The molecular weight excluding hydrogens is 314 g/mol. The Kier molecular flexibility index (Phi) is 4.62. The molecule has 5 nitrogen and oxygen atoms in total. The van der Waals surface area contributed by atoms with Crippen molar-refractivity contribution in [3.05, 3.63) is 71.4 Å². The van der Waals surface area contributed by atoms with Crippen LogP contribution in [-0.2, 0) is 9.59 Å². The highest BCUT2D eigenvalue weighted by atomic mass is 16.2.